The van der Waals surface area contributed by atoms with E-state index < -0.39 is 11.6 Å². The van der Waals surface area contributed by atoms with Crippen molar-refractivity contribution in [2.45, 2.75) is 25.8 Å². The molecular formula is C11H14F2N2. The van der Waals surface area contributed by atoms with Crippen LogP contribution in [-0.2, 0) is 0 Å². The van der Waals surface area contributed by atoms with E-state index in [1.54, 1.807) is 0 Å². The summed E-state index contributed by atoms with van der Waals surface area (Å²) in [4.78, 5) is 0. The maximum atomic E-state index is 13.1. The molecule has 0 aliphatic heterocycles. The predicted octanol–water partition coefficient (Wildman–Crippen LogP) is 2.76. The molecule has 1 saturated carbocycles. The van der Waals surface area contributed by atoms with Gasteiger partial charge in [-0.05, 0) is 18.4 Å². The fourth-order valence-corrected chi connectivity index (χ4v) is 1.78. The Bertz CT molecular complexity index is 379. The second-order valence-corrected chi connectivity index (χ2v) is 4.00. The minimum atomic E-state index is -0.703. The van der Waals surface area contributed by atoms with Crippen LogP contribution in [0.5, 0.6) is 0 Å². The first kappa shape index (κ1) is 10.2. The normalized spacial score (nSPS) is 23.9. The van der Waals surface area contributed by atoms with Crippen molar-refractivity contribution in [1.82, 2.24) is 0 Å². The molecule has 0 bridgehead atoms. The lowest BCUT2D eigenvalue weighted by atomic mass is 10.2. The molecular weight excluding hydrogens is 198 g/mol. The molecule has 0 saturated heterocycles. The first-order valence-corrected chi connectivity index (χ1v) is 5.13. The predicted molar refractivity (Wildman–Crippen MR) is 56.6 cm³/mol. The minimum absolute atomic E-state index is 0.00171. The van der Waals surface area contributed by atoms with Gasteiger partial charge in [-0.3, -0.25) is 0 Å². The molecule has 0 spiro atoms. The number of hydrogen-bond donors (Lipinski definition) is 2. The number of hydrogen-bond acceptors (Lipinski definition) is 2. The quantitative estimate of drug-likeness (QED) is 0.756. The molecule has 2 rings (SSSR count). The van der Waals surface area contributed by atoms with Crippen molar-refractivity contribution < 1.29 is 8.78 Å². The molecule has 1 aromatic rings. The first-order valence-electron chi connectivity index (χ1n) is 5.13. The van der Waals surface area contributed by atoms with Crippen molar-refractivity contribution in [3.8, 4) is 0 Å². The van der Waals surface area contributed by atoms with Crippen molar-refractivity contribution in [2.75, 3.05) is 11.1 Å². The fraction of sp³-hybridized carbons (Fsp3) is 0.455. The summed E-state index contributed by atoms with van der Waals surface area (Å²) >= 11 is 0. The lowest BCUT2D eigenvalue weighted by molar-refractivity contribution is 0.587. The summed E-state index contributed by atoms with van der Waals surface area (Å²) in [5.41, 5.74) is 5.88. The standard InChI is InChI=1S/C11H14F2N2/c1-2-6-3-9(6)15-10-5-7(12)4-8(13)11(10)14/h4-6,9,15H,2-3,14H2,1H3. The minimum Gasteiger partial charge on any atom is -0.395 e. The third-order valence-corrected chi connectivity index (χ3v) is 2.88. The van der Waals surface area contributed by atoms with Gasteiger partial charge in [0.2, 0.25) is 0 Å². The van der Waals surface area contributed by atoms with Crippen LogP contribution >= 0.6 is 0 Å². The highest BCUT2D eigenvalue weighted by Crippen LogP contribution is 2.37. The molecule has 2 nitrogen and oxygen atoms in total. The molecule has 2 unspecified atom stereocenters. The summed E-state index contributed by atoms with van der Waals surface area (Å²) in [6.07, 6.45) is 2.13. The number of nitrogens with two attached hydrogens (primary N) is 1. The molecule has 82 valence electrons. The lowest BCUT2D eigenvalue weighted by Gasteiger charge is -2.09. The van der Waals surface area contributed by atoms with Crippen molar-refractivity contribution in [3.63, 3.8) is 0 Å². The monoisotopic (exact) mass is 212 g/mol. The van der Waals surface area contributed by atoms with Crippen LogP contribution in [-0.4, -0.2) is 6.04 Å². The van der Waals surface area contributed by atoms with Gasteiger partial charge in [0.25, 0.3) is 0 Å². The average Bonchev–Trinajstić information content (AvgIpc) is 2.92. The second kappa shape index (κ2) is 3.68. The van der Waals surface area contributed by atoms with Crippen LogP contribution in [0.2, 0.25) is 0 Å². The van der Waals surface area contributed by atoms with Crippen LogP contribution in [0.4, 0.5) is 20.2 Å². The Morgan fingerprint density at radius 3 is 2.80 bits per heavy atom. The number of benzene rings is 1. The summed E-state index contributed by atoms with van der Waals surface area (Å²) < 4.78 is 26.0. The Balaban J connectivity index is 2.14. The average molecular weight is 212 g/mol. The van der Waals surface area contributed by atoms with Crippen LogP contribution < -0.4 is 11.1 Å². The van der Waals surface area contributed by atoms with Gasteiger partial charge >= 0.3 is 0 Å². The number of rotatable bonds is 3. The Hall–Kier alpha value is -1.32. The fourth-order valence-electron chi connectivity index (χ4n) is 1.78. The van der Waals surface area contributed by atoms with E-state index in [2.05, 4.69) is 12.2 Å². The maximum absolute atomic E-state index is 13.1. The Kier molecular flexibility index (Phi) is 2.50. The van der Waals surface area contributed by atoms with Crippen LogP contribution in [0, 0.1) is 17.6 Å². The Labute approximate surface area is 87.5 Å². The molecule has 0 amide bonds. The van der Waals surface area contributed by atoms with E-state index in [1.165, 1.54) is 6.07 Å². The van der Waals surface area contributed by atoms with Crippen molar-refractivity contribution in [1.29, 1.82) is 0 Å². The van der Waals surface area contributed by atoms with E-state index >= 15 is 0 Å². The molecule has 1 aromatic carbocycles. The maximum Gasteiger partial charge on any atom is 0.151 e. The zero-order valence-electron chi connectivity index (χ0n) is 8.56. The molecule has 0 aromatic heterocycles. The molecule has 2 atom stereocenters. The van der Waals surface area contributed by atoms with Crippen LogP contribution in [0.15, 0.2) is 12.1 Å². The third-order valence-electron chi connectivity index (χ3n) is 2.88. The zero-order valence-corrected chi connectivity index (χ0v) is 8.56. The number of anilines is 2. The Morgan fingerprint density at radius 2 is 2.20 bits per heavy atom. The van der Waals surface area contributed by atoms with E-state index in [-0.39, 0.29) is 5.69 Å². The molecule has 1 aliphatic carbocycles. The molecule has 1 fully saturated rings. The summed E-state index contributed by atoms with van der Waals surface area (Å²) in [5.74, 6) is -0.695. The van der Waals surface area contributed by atoms with Gasteiger partial charge in [0.15, 0.2) is 5.82 Å². The Morgan fingerprint density at radius 1 is 1.47 bits per heavy atom. The van der Waals surface area contributed by atoms with Crippen LogP contribution in [0.25, 0.3) is 0 Å². The van der Waals surface area contributed by atoms with Gasteiger partial charge in [-0.2, -0.15) is 0 Å². The topological polar surface area (TPSA) is 38.0 Å². The van der Waals surface area contributed by atoms with Crippen molar-refractivity contribution in [2.24, 2.45) is 5.92 Å². The molecule has 3 N–H and O–H groups in total. The molecule has 0 radical (unpaired) electrons. The summed E-state index contributed by atoms with van der Waals surface area (Å²) in [6, 6.07) is 2.35. The third kappa shape index (κ3) is 2.03. The SMILES string of the molecule is CCC1CC1Nc1cc(F)cc(F)c1N. The first-order chi connectivity index (χ1) is 7.11. The highest BCUT2D eigenvalue weighted by molar-refractivity contribution is 5.67. The van der Waals surface area contributed by atoms with E-state index in [4.69, 9.17) is 5.73 Å². The van der Waals surface area contributed by atoms with E-state index in [9.17, 15) is 8.78 Å². The van der Waals surface area contributed by atoms with Crippen molar-refractivity contribution in [3.05, 3.63) is 23.8 Å². The largest absolute Gasteiger partial charge is 0.395 e. The highest BCUT2D eigenvalue weighted by atomic mass is 19.1. The smallest absolute Gasteiger partial charge is 0.151 e. The van der Waals surface area contributed by atoms with Gasteiger partial charge in [-0.1, -0.05) is 13.3 Å². The number of nitrogen functional groups attached to an aromatic ring is 1. The van der Waals surface area contributed by atoms with Gasteiger partial charge in [0.05, 0.1) is 11.4 Å². The van der Waals surface area contributed by atoms with Gasteiger partial charge < -0.3 is 11.1 Å². The molecule has 0 heterocycles. The van der Waals surface area contributed by atoms with Gasteiger partial charge in [0, 0.05) is 12.1 Å². The van der Waals surface area contributed by atoms with Crippen molar-refractivity contribution >= 4 is 11.4 Å². The highest BCUT2D eigenvalue weighted by Gasteiger charge is 2.35. The summed E-state index contributed by atoms with van der Waals surface area (Å²) in [5, 5.41) is 3.06. The van der Waals surface area contributed by atoms with Gasteiger partial charge in [0.1, 0.15) is 5.82 Å². The van der Waals surface area contributed by atoms with Crippen LogP contribution in [0.1, 0.15) is 19.8 Å². The molecule has 15 heavy (non-hydrogen) atoms. The lowest BCUT2D eigenvalue weighted by Crippen LogP contribution is -2.08. The summed E-state index contributed by atoms with van der Waals surface area (Å²) in [7, 11) is 0. The van der Waals surface area contributed by atoms with E-state index in [0.29, 0.717) is 17.6 Å². The molecule has 1 aliphatic rings. The van der Waals surface area contributed by atoms with Crippen LogP contribution in [0.3, 0.4) is 0 Å². The molecule has 4 heteroatoms. The van der Waals surface area contributed by atoms with E-state index in [0.717, 1.165) is 18.9 Å². The van der Waals surface area contributed by atoms with E-state index in [1.807, 2.05) is 0 Å². The summed E-state index contributed by atoms with van der Waals surface area (Å²) in [6.45, 7) is 2.10. The number of nitrogens with one attached hydrogen (secondary N) is 1. The van der Waals surface area contributed by atoms with Gasteiger partial charge in [-0.15, -0.1) is 0 Å². The van der Waals surface area contributed by atoms with Gasteiger partial charge in [-0.25, -0.2) is 8.78 Å². The number of halogens is 2. The zero-order chi connectivity index (χ0) is 11.0. The second-order valence-electron chi connectivity index (χ2n) is 4.00.